The van der Waals surface area contributed by atoms with Gasteiger partial charge in [-0.1, -0.05) is 30.3 Å². The number of aliphatic hydroxyl groups excluding tert-OH is 1. The maximum absolute atomic E-state index is 10.4. The molecule has 0 aliphatic carbocycles. The summed E-state index contributed by atoms with van der Waals surface area (Å²) < 4.78 is 0. The summed E-state index contributed by atoms with van der Waals surface area (Å²) in [5.41, 5.74) is 1.26. The van der Waals surface area contributed by atoms with Gasteiger partial charge < -0.3 is 5.11 Å². The number of benzene rings is 1. The molecular weight excluding hydrogens is 224 g/mol. The normalized spacial score (nSPS) is 12.5. The minimum atomic E-state index is -0.794. The Morgan fingerprint density at radius 2 is 1.67 bits per heavy atom. The molecule has 0 saturated carbocycles. The zero-order chi connectivity index (χ0) is 12.4. The van der Waals surface area contributed by atoms with Crippen LogP contribution in [0.15, 0.2) is 60.9 Å². The first kappa shape index (κ1) is 10.9. The van der Waals surface area contributed by atoms with E-state index in [9.17, 15) is 5.11 Å². The van der Waals surface area contributed by atoms with Gasteiger partial charge in [-0.15, -0.1) is 0 Å². The second-order valence-electron chi connectivity index (χ2n) is 4.07. The molecule has 0 fully saturated rings. The lowest BCUT2D eigenvalue weighted by molar-refractivity contribution is 0.212. The van der Waals surface area contributed by atoms with Crippen molar-refractivity contribution in [3.63, 3.8) is 0 Å². The number of pyridine rings is 2. The van der Waals surface area contributed by atoms with Crippen LogP contribution in [0.2, 0.25) is 0 Å². The fourth-order valence-corrected chi connectivity index (χ4v) is 2.04. The van der Waals surface area contributed by atoms with Crippen LogP contribution in [0.1, 0.15) is 17.5 Å². The summed E-state index contributed by atoms with van der Waals surface area (Å²) in [5, 5.41) is 12.4. The van der Waals surface area contributed by atoms with E-state index in [0.717, 1.165) is 10.8 Å². The van der Waals surface area contributed by atoms with E-state index in [4.69, 9.17) is 0 Å². The maximum Gasteiger partial charge on any atom is 0.138 e. The zero-order valence-electron chi connectivity index (χ0n) is 9.69. The Bertz CT molecular complexity index is 662. The van der Waals surface area contributed by atoms with Gasteiger partial charge in [0.05, 0.1) is 11.4 Å². The molecule has 0 aliphatic heterocycles. The highest BCUT2D eigenvalue weighted by Gasteiger charge is 2.15. The Labute approximate surface area is 105 Å². The molecule has 3 heteroatoms. The molecule has 0 amide bonds. The third-order valence-corrected chi connectivity index (χ3v) is 2.93. The first-order valence-corrected chi connectivity index (χ1v) is 5.79. The van der Waals surface area contributed by atoms with E-state index in [1.165, 1.54) is 0 Å². The fraction of sp³-hybridized carbons (Fsp3) is 0.0667. The fourth-order valence-electron chi connectivity index (χ4n) is 2.04. The molecule has 1 aromatic carbocycles. The molecule has 0 bridgehead atoms. The number of fused-ring (bicyclic) bond motifs is 1. The molecule has 0 radical (unpaired) electrons. The average Bonchev–Trinajstić information content (AvgIpc) is 2.47. The van der Waals surface area contributed by atoms with Crippen LogP contribution in [-0.4, -0.2) is 15.1 Å². The highest BCUT2D eigenvalue weighted by molar-refractivity contribution is 5.84. The largest absolute Gasteiger partial charge is 0.380 e. The molecule has 1 unspecified atom stereocenters. The summed E-state index contributed by atoms with van der Waals surface area (Å²) in [6.45, 7) is 0. The molecule has 0 aliphatic rings. The third-order valence-electron chi connectivity index (χ3n) is 2.93. The second-order valence-corrected chi connectivity index (χ2v) is 4.07. The van der Waals surface area contributed by atoms with Crippen molar-refractivity contribution in [2.24, 2.45) is 0 Å². The van der Waals surface area contributed by atoms with Crippen LogP contribution in [0.5, 0.6) is 0 Å². The van der Waals surface area contributed by atoms with Crippen LogP contribution in [0.3, 0.4) is 0 Å². The van der Waals surface area contributed by atoms with Gasteiger partial charge in [0.15, 0.2) is 0 Å². The monoisotopic (exact) mass is 236 g/mol. The predicted octanol–water partition coefficient (Wildman–Crippen LogP) is 2.71. The molecule has 3 rings (SSSR count). The molecule has 1 N–H and O–H groups in total. The van der Waals surface area contributed by atoms with Gasteiger partial charge in [0.1, 0.15) is 6.10 Å². The lowest BCUT2D eigenvalue weighted by Gasteiger charge is -2.11. The van der Waals surface area contributed by atoms with E-state index >= 15 is 0 Å². The Morgan fingerprint density at radius 3 is 2.50 bits per heavy atom. The Balaban J connectivity index is 2.15. The number of aromatic nitrogens is 2. The van der Waals surface area contributed by atoms with E-state index in [1.807, 2.05) is 42.5 Å². The molecule has 3 nitrogen and oxygen atoms in total. The highest BCUT2D eigenvalue weighted by Crippen LogP contribution is 2.25. The lowest BCUT2D eigenvalue weighted by atomic mass is 10.0. The molecule has 1 atom stereocenters. The van der Waals surface area contributed by atoms with Crippen molar-refractivity contribution >= 4 is 10.8 Å². The first-order chi connectivity index (χ1) is 8.86. The molecule has 2 heterocycles. The van der Waals surface area contributed by atoms with Crippen LogP contribution in [0, 0.1) is 0 Å². The van der Waals surface area contributed by atoms with E-state index in [2.05, 4.69) is 9.97 Å². The molecule has 2 aromatic heterocycles. The summed E-state index contributed by atoms with van der Waals surface area (Å²) in [6.07, 6.45) is 2.59. The van der Waals surface area contributed by atoms with Gasteiger partial charge in [0.2, 0.25) is 0 Å². The minimum absolute atomic E-state index is 0.612. The van der Waals surface area contributed by atoms with E-state index in [0.29, 0.717) is 11.4 Å². The smallest absolute Gasteiger partial charge is 0.138 e. The summed E-state index contributed by atoms with van der Waals surface area (Å²) in [7, 11) is 0. The van der Waals surface area contributed by atoms with Gasteiger partial charge in [-0.2, -0.15) is 0 Å². The van der Waals surface area contributed by atoms with Crippen LogP contribution in [0.25, 0.3) is 10.8 Å². The maximum atomic E-state index is 10.4. The summed E-state index contributed by atoms with van der Waals surface area (Å²) >= 11 is 0. The van der Waals surface area contributed by atoms with Gasteiger partial charge in [0, 0.05) is 17.8 Å². The quantitative estimate of drug-likeness (QED) is 0.744. The SMILES string of the molecule is OC(c1ccccn1)c1nccc2ccccc12. The molecular formula is C15H12N2O. The Morgan fingerprint density at radius 1 is 0.833 bits per heavy atom. The first-order valence-electron chi connectivity index (χ1n) is 5.79. The standard InChI is InChI=1S/C15H12N2O/c18-15(13-7-3-4-9-16-13)14-12-6-2-1-5-11(12)8-10-17-14/h1-10,15,18H. The summed E-state index contributed by atoms with van der Waals surface area (Å²) in [6, 6.07) is 15.3. The Kier molecular flexibility index (Phi) is 2.74. The van der Waals surface area contributed by atoms with Crippen molar-refractivity contribution in [2.45, 2.75) is 6.10 Å². The van der Waals surface area contributed by atoms with Crippen LogP contribution >= 0.6 is 0 Å². The van der Waals surface area contributed by atoms with Crippen molar-refractivity contribution in [2.75, 3.05) is 0 Å². The van der Waals surface area contributed by atoms with Crippen molar-refractivity contribution < 1.29 is 5.11 Å². The van der Waals surface area contributed by atoms with Crippen LogP contribution in [0.4, 0.5) is 0 Å². The van der Waals surface area contributed by atoms with Gasteiger partial charge >= 0.3 is 0 Å². The lowest BCUT2D eigenvalue weighted by Crippen LogP contribution is -2.04. The van der Waals surface area contributed by atoms with Gasteiger partial charge in [-0.25, -0.2) is 0 Å². The Hall–Kier alpha value is -2.26. The molecule has 88 valence electrons. The molecule has 3 aromatic rings. The van der Waals surface area contributed by atoms with Crippen LogP contribution in [-0.2, 0) is 0 Å². The molecule has 0 spiro atoms. The zero-order valence-corrected chi connectivity index (χ0v) is 9.69. The van der Waals surface area contributed by atoms with Crippen LogP contribution < -0.4 is 0 Å². The van der Waals surface area contributed by atoms with E-state index in [-0.39, 0.29) is 0 Å². The number of hydrogen-bond acceptors (Lipinski definition) is 3. The molecule has 18 heavy (non-hydrogen) atoms. The third kappa shape index (κ3) is 1.85. The second kappa shape index (κ2) is 4.55. The van der Waals surface area contributed by atoms with Gasteiger partial charge in [-0.05, 0) is 23.6 Å². The molecule has 0 saturated heterocycles. The number of rotatable bonds is 2. The van der Waals surface area contributed by atoms with E-state index < -0.39 is 6.10 Å². The number of nitrogens with zero attached hydrogens (tertiary/aromatic N) is 2. The summed E-state index contributed by atoms with van der Waals surface area (Å²) in [4.78, 5) is 8.47. The highest BCUT2D eigenvalue weighted by atomic mass is 16.3. The summed E-state index contributed by atoms with van der Waals surface area (Å²) in [5.74, 6) is 0. The average molecular weight is 236 g/mol. The van der Waals surface area contributed by atoms with Gasteiger partial charge in [0.25, 0.3) is 0 Å². The van der Waals surface area contributed by atoms with Crippen molar-refractivity contribution in [1.29, 1.82) is 0 Å². The topological polar surface area (TPSA) is 46.0 Å². The van der Waals surface area contributed by atoms with Crippen molar-refractivity contribution in [3.05, 3.63) is 72.3 Å². The number of hydrogen-bond donors (Lipinski definition) is 1. The number of aliphatic hydroxyl groups is 1. The van der Waals surface area contributed by atoms with Gasteiger partial charge in [-0.3, -0.25) is 9.97 Å². The van der Waals surface area contributed by atoms with Crippen molar-refractivity contribution in [3.8, 4) is 0 Å². The van der Waals surface area contributed by atoms with E-state index in [1.54, 1.807) is 18.5 Å². The van der Waals surface area contributed by atoms with Crippen molar-refractivity contribution in [1.82, 2.24) is 9.97 Å². The predicted molar refractivity (Wildman–Crippen MR) is 70.0 cm³/mol. The minimum Gasteiger partial charge on any atom is -0.380 e.